The Morgan fingerprint density at radius 3 is 2.67 bits per heavy atom. The van der Waals surface area contributed by atoms with E-state index in [2.05, 4.69) is 0 Å². The van der Waals surface area contributed by atoms with Gasteiger partial charge in [-0.3, -0.25) is 0 Å². The highest BCUT2D eigenvalue weighted by molar-refractivity contribution is 7.89. The van der Waals surface area contributed by atoms with Gasteiger partial charge in [0.1, 0.15) is 4.99 Å². The first kappa shape index (κ1) is 16.0. The van der Waals surface area contributed by atoms with Crippen molar-refractivity contribution in [2.24, 2.45) is 5.73 Å². The molecule has 1 aromatic heterocycles. The van der Waals surface area contributed by atoms with Crippen LogP contribution < -0.4 is 5.73 Å². The zero-order valence-electron chi connectivity index (χ0n) is 11.1. The smallest absolute Gasteiger partial charge is 0.243 e. The largest absolute Gasteiger partial charge is 0.472 e. The SMILES string of the molecule is CN(Cc1ccoc1)S(=O)(=O)c1ccc(C(N)=S)c(Cl)c1. The summed E-state index contributed by atoms with van der Waals surface area (Å²) in [6.45, 7) is 0.202. The van der Waals surface area contributed by atoms with Crippen LogP contribution in [0.3, 0.4) is 0 Å². The first-order valence-electron chi connectivity index (χ1n) is 5.89. The van der Waals surface area contributed by atoms with Gasteiger partial charge in [0.25, 0.3) is 0 Å². The first-order chi connectivity index (χ1) is 9.82. The molecule has 0 aliphatic heterocycles. The molecule has 0 aliphatic carbocycles. The van der Waals surface area contributed by atoms with E-state index in [-0.39, 0.29) is 21.5 Å². The third-order valence-corrected chi connectivity index (χ3v) is 5.23. The average molecular weight is 345 g/mol. The Kier molecular flexibility index (Phi) is 4.67. The maximum absolute atomic E-state index is 12.5. The molecular formula is C13H13ClN2O3S2. The van der Waals surface area contributed by atoms with E-state index in [9.17, 15) is 8.42 Å². The highest BCUT2D eigenvalue weighted by Gasteiger charge is 2.22. The molecule has 2 N–H and O–H groups in total. The molecule has 21 heavy (non-hydrogen) atoms. The molecule has 1 aromatic carbocycles. The average Bonchev–Trinajstić information content (AvgIpc) is 2.90. The predicted octanol–water partition coefficient (Wildman–Crippen LogP) is 2.39. The molecule has 0 atom stereocenters. The van der Waals surface area contributed by atoms with Crippen LogP contribution in [0.1, 0.15) is 11.1 Å². The van der Waals surface area contributed by atoms with Gasteiger partial charge < -0.3 is 10.2 Å². The first-order valence-corrected chi connectivity index (χ1v) is 8.12. The lowest BCUT2D eigenvalue weighted by molar-refractivity contribution is 0.463. The van der Waals surface area contributed by atoms with Gasteiger partial charge in [0, 0.05) is 24.7 Å². The summed E-state index contributed by atoms with van der Waals surface area (Å²) in [6.07, 6.45) is 2.98. The van der Waals surface area contributed by atoms with Crippen molar-refractivity contribution in [1.82, 2.24) is 4.31 Å². The van der Waals surface area contributed by atoms with Crippen molar-refractivity contribution in [3.8, 4) is 0 Å². The Bertz CT molecular complexity index is 758. The van der Waals surface area contributed by atoms with Gasteiger partial charge in [-0.25, -0.2) is 8.42 Å². The van der Waals surface area contributed by atoms with Crippen molar-refractivity contribution in [3.63, 3.8) is 0 Å². The second-order valence-electron chi connectivity index (χ2n) is 4.40. The molecule has 0 fully saturated rings. The molecule has 8 heteroatoms. The van der Waals surface area contributed by atoms with Crippen LogP contribution in [-0.4, -0.2) is 24.8 Å². The van der Waals surface area contributed by atoms with Crippen molar-refractivity contribution in [2.75, 3.05) is 7.05 Å². The van der Waals surface area contributed by atoms with Crippen LogP contribution >= 0.6 is 23.8 Å². The summed E-state index contributed by atoms with van der Waals surface area (Å²) in [5, 5.41) is 0.209. The molecule has 2 rings (SSSR count). The minimum atomic E-state index is -3.66. The lowest BCUT2D eigenvalue weighted by Crippen LogP contribution is -2.26. The number of nitrogens with zero attached hydrogens (tertiary/aromatic N) is 1. The molecule has 2 aromatic rings. The number of halogens is 1. The molecule has 112 valence electrons. The van der Waals surface area contributed by atoms with Crippen LogP contribution in [0.5, 0.6) is 0 Å². The fraction of sp³-hybridized carbons (Fsp3) is 0.154. The van der Waals surface area contributed by atoms with E-state index in [0.29, 0.717) is 5.56 Å². The Labute approximate surface area is 133 Å². The van der Waals surface area contributed by atoms with Gasteiger partial charge in [-0.15, -0.1) is 0 Å². The fourth-order valence-corrected chi connectivity index (χ4v) is 3.53. The van der Waals surface area contributed by atoms with Crippen molar-refractivity contribution in [2.45, 2.75) is 11.4 Å². The van der Waals surface area contributed by atoms with Gasteiger partial charge in [0.2, 0.25) is 10.0 Å². The summed E-state index contributed by atoms with van der Waals surface area (Å²) in [5.41, 5.74) is 6.70. The molecule has 0 aliphatic rings. The van der Waals surface area contributed by atoms with Crippen LogP contribution in [0, 0.1) is 0 Å². The van der Waals surface area contributed by atoms with Gasteiger partial charge in [0.15, 0.2) is 0 Å². The number of thiocarbonyl (C=S) groups is 1. The summed E-state index contributed by atoms with van der Waals surface area (Å²) in [6, 6.07) is 5.98. The molecule has 5 nitrogen and oxygen atoms in total. The summed E-state index contributed by atoms with van der Waals surface area (Å²) in [7, 11) is -2.17. The van der Waals surface area contributed by atoms with Crippen LogP contribution in [0.2, 0.25) is 5.02 Å². The molecule has 0 spiro atoms. The molecular weight excluding hydrogens is 332 g/mol. The van der Waals surface area contributed by atoms with E-state index in [4.69, 9.17) is 34.0 Å². The number of hydrogen-bond acceptors (Lipinski definition) is 4. The van der Waals surface area contributed by atoms with E-state index in [1.54, 1.807) is 6.07 Å². The Hall–Kier alpha value is -1.41. The molecule has 0 radical (unpaired) electrons. The summed E-state index contributed by atoms with van der Waals surface area (Å²) in [4.78, 5) is 0.203. The topological polar surface area (TPSA) is 76.5 Å². The quantitative estimate of drug-likeness (QED) is 0.843. The van der Waals surface area contributed by atoms with Crippen molar-refractivity contribution in [3.05, 3.63) is 52.9 Å². The van der Waals surface area contributed by atoms with Gasteiger partial charge in [-0.05, 0) is 24.3 Å². The summed E-state index contributed by atoms with van der Waals surface area (Å²) < 4.78 is 31.1. The van der Waals surface area contributed by atoms with Crippen LogP contribution in [0.25, 0.3) is 0 Å². The third-order valence-electron chi connectivity index (χ3n) is 2.90. The maximum atomic E-state index is 12.5. The van der Waals surface area contributed by atoms with Gasteiger partial charge in [-0.1, -0.05) is 23.8 Å². The molecule has 0 saturated heterocycles. The predicted molar refractivity (Wildman–Crippen MR) is 84.7 cm³/mol. The van der Waals surface area contributed by atoms with Gasteiger partial charge in [-0.2, -0.15) is 4.31 Å². The van der Waals surface area contributed by atoms with E-state index >= 15 is 0 Å². The zero-order chi connectivity index (χ0) is 15.6. The Balaban J connectivity index is 2.31. The molecule has 0 bridgehead atoms. The number of sulfonamides is 1. The van der Waals surface area contributed by atoms with Crippen LogP contribution in [0.15, 0.2) is 46.1 Å². The van der Waals surface area contributed by atoms with E-state index < -0.39 is 10.0 Å². The molecule has 0 amide bonds. The molecule has 0 saturated carbocycles. The lowest BCUT2D eigenvalue weighted by Gasteiger charge is -2.17. The highest BCUT2D eigenvalue weighted by Crippen LogP contribution is 2.23. The second-order valence-corrected chi connectivity index (χ2v) is 7.29. The second kappa shape index (κ2) is 6.15. The standard InChI is InChI=1S/C13H13ClN2O3S2/c1-16(7-9-4-5-19-8-9)21(17,18)10-2-3-11(13(15)20)12(14)6-10/h2-6,8H,7H2,1H3,(H2,15,20). The number of nitrogens with two attached hydrogens (primary N) is 1. The number of furan rings is 1. The van der Waals surface area contributed by atoms with Crippen molar-refractivity contribution in [1.29, 1.82) is 0 Å². The van der Waals surface area contributed by atoms with Gasteiger partial charge >= 0.3 is 0 Å². The van der Waals surface area contributed by atoms with E-state index in [1.807, 2.05) is 0 Å². The number of rotatable bonds is 5. The number of benzene rings is 1. The van der Waals surface area contributed by atoms with Gasteiger partial charge in [0.05, 0.1) is 22.4 Å². The van der Waals surface area contributed by atoms with E-state index in [1.165, 1.54) is 42.1 Å². The fourth-order valence-electron chi connectivity index (χ4n) is 1.76. The summed E-state index contributed by atoms with van der Waals surface area (Å²) in [5.74, 6) is 0. The van der Waals surface area contributed by atoms with Crippen molar-refractivity contribution >= 4 is 38.8 Å². The maximum Gasteiger partial charge on any atom is 0.243 e. The normalized spacial score (nSPS) is 11.8. The summed E-state index contributed by atoms with van der Waals surface area (Å²) >= 11 is 10.9. The Morgan fingerprint density at radius 2 is 2.14 bits per heavy atom. The lowest BCUT2D eigenvalue weighted by atomic mass is 10.2. The molecule has 1 heterocycles. The minimum Gasteiger partial charge on any atom is -0.472 e. The van der Waals surface area contributed by atoms with Crippen LogP contribution in [-0.2, 0) is 16.6 Å². The van der Waals surface area contributed by atoms with Crippen molar-refractivity contribution < 1.29 is 12.8 Å². The Morgan fingerprint density at radius 1 is 1.43 bits per heavy atom. The van der Waals surface area contributed by atoms with Crippen LogP contribution in [0.4, 0.5) is 0 Å². The minimum absolute atomic E-state index is 0.0819. The monoisotopic (exact) mass is 344 g/mol. The van der Waals surface area contributed by atoms with E-state index in [0.717, 1.165) is 5.56 Å². The zero-order valence-corrected chi connectivity index (χ0v) is 13.5. The molecule has 0 unspecified atom stereocenters. The third kappa shape index (κ3) is 3.44. The highest BCUT2D eigenvalue weighted by atomic mass is 35.5. The number of hydrogen-bond donors (Lipinski definition) is 1.